The van der Waals surface area contributed by atoms with Gasteiger partial charge < -0.3 is 9.47 Å². The number of esters is 2. The van der Waals surface area contributed by atoms with Crippen LogP contribution >= 0.6 is 0 Å². The lowest BCUT2D eigenvalue weighted by Gasteiger charge is -2.25. The van der Waals surface area contributed by atoms with Gasteiger partial charge in [-0.2, -0.15) is 9.78 Å². The van der Waals surface area contributed by atoms with Crippen molar-refractivity contribution in [2.75, 3.05) is 14.2 Å². The number of benzene rings is 2. The number of methoxy groups -OCH3 is 2. The normalized spacial score (nSPS) is 23.3. The van der Waals surface area contributed by atoms with Gasteiger partial charge in [-0.3, -0.25) is 9.53 Å². The molecule has 0 N–H and O–H groups in total. The van der Waals surface area contributed by atoms with Gasteiger partial charge in [0.2, 0.25) is 0 Å². The van der Waals surface area contributed by atoms with Crippen molar-refractivity contribution in [2.45, 2.75) is 18.0 Å². The lowest BCUT2D eigenvalue weighted by Crippen LogP contribution is -2.44. The smallest absolute Gasteiger partial charge is 0.370 e. The molecule has 2 aromatic carbocycles. The Bertz CT molecular complexity index is 940. The first-order chi connectivity index (χ1) is 14.4. The van der Waals surface area contributed by atoms with E-state index in [0.29, 0.717) is 11.1 Å². The van der Waals surface area contributed by atoms with Crippen molar-refractivity contribution in [3.63, 3.8) is 0 Å². The van der Waals surface area contributed by atoms with Crippen LogP contribution in [0.5, 0.6) is 0 Å². The summed E-state index contributed by atoms with van der Waals surface area (Å²) in [5.41, 5.74) is 0.776. The van der Waals surface area contributed by atoms with Gasteiger partial charge in [0.05, 0.1) is 20.6 Å². The van der Waals surface area contributed by atoms with Crippen LogP contribution in [0.25, 0.3) is 0 Å². The second-order valence-corrected chi connectivity index (χ2v) is 6.37. The van der Waals surface area contributed by atoms with Gasteiger partial charge in [-0.25, -0.2) is 9.59 Å². The molecule has 0 amide bonds. The van der Waals surface area contributed by atoms with Crippen molar-refractivity contribution in [3.8, 4) is 0 Å². The molecule has 1 heterocycles. The molecule has 1 aliphatic rings. The van der Waals surface area contributed by atoms with Crippen LogP contribution in [0.15, 0.2) is 72.8 Å². The molecule has 8 nitrogen and oxygen atoms in total. The standard InChI is InChI=1S/C22H20O8/c1-26-19(24)13-14-21(17-11-7-4-8-12-17)28-22(30-29-21,20(25)27-2)15-18(23)16-9-5-3-6-10-16/h3-14H,15H2,1-2H3/b14-13-/t21-,22+/m1/s1. The highest BCUT2D eigenvalue weighted by Gasteiger charge is 2.59. The molecule has 1 fully saturated rings. The predicted molar refractivity (Wildman–Crippen MR) is 103 cm³/mol. The zero-order valence-electron chi connectivity index (χ0n) is 16.4. The molecule has 30 heavy (non-hydrogen) atoms. The van der Waals surface area contributed by atoms with E-state index in [1.165, 1.54) is 13.2 Å². The minimum atomic E-state index is -2.18. The monoisotopic (exact) mass is 412 g/mol. The van der Waals surface area contributed by atoms with Crippen molar-refractivity contribution in [2.24, 2.45) is 0 Å². The van der Waals surface area contributed by atoms with Crippen molar-refractivity contribution in [1.82, 2.24) is 0 Å². The van der Waals surface area contributed by atoms with E-state index in [9.17, 15) is 14.4 Å². The maximum absolute atomic E-state index is 12.8. The molecule has 2 aromatic rings. The Kier molecular flexibility index (Phi) is 6.41. The first-order valence-corrected chi connectivity index (χ1v) is 9.01. The van der Waals surface area contributed by atoms with Crippen LogP contribution in [-0.2, 0) is 39.4 Å². The second kappa shape index (κ2) is 9.00. The molecule has 156 valence electrons. The summed E-state index contributed by atoms with van der Waals surface area (Å²) >= 11 is 0. The van der Waals surface area contributed by atoms with Gasteiger partial charge in [-0.15, -0.1) is 0 Å². The molecule has 1 saturated heterocycles. The van der Waals surface area contributed by atoms with E-state index in [4.69, 9.17) is 19.2 Å². The summed E-state index contributed by atoms with van der Waals surface area (Å²) in [7, 11) is 2.35. The number of Topliss-reactive ketones (excluding diaryl/α,β-unsaturated/α-hetero) is 1. The quantitative estimate of drug-likeness (QED) is 0.296. The second-order valence-electron chi connectivity index (χ2n) is 6.37. The van der Waals surface area contributed by atoms with E-state index in [-0.39, 0.29) is 0 Å². The van der Waals surface area contributed by atoms with E-state index in [1.54, 1.807) is 60.7 Å². The van der Waals surface area contributed by atoms with Crippen molar-refractivity contribution in [1.29, 1.82) is 0 Å². The van der Waals surface area contributed by atoms with Crippen LogP contribution in [0, 0.1) is 0 Å². The topological polar surface area (TPSA) is 97.4 Å². The molecular formula is C22H20O8. The molecule has 2 atom stereocenters. The molecule has 0 aliphatic carbocycles. The van der Waals surface area contributed by atoms with Crippen LogP contribution in [-0.4, -0.2) is 37.7 Å². The van der Waals surface area contributed by atoms with Gasteiger partial charge in [0, 0.05) is 17.2 Å². The number of ether oxygens (including phenoxy) is 3. The van der Waals surface area contributed by atoms with Crippen LogP contribution in [0.2, 0.25) is 0 Å². The van der Waals surface area contributed by atoms with Gasteiger partial charge in [0.15, 0.2) is 5.78 Å². The number of rotatable bonds is 7. The molecule has 0 saturated carbocycles. The Labute approximate surface area is 172 Å². The zero-order valence-corrected chi connectivity index (χ0v) is 16.4. The third-order valence-electron chi connectivity index (χ3n) is 4.42. The van der Waals surface area contributed by atoms with Crippen LogP contribution in [0.3, 0.4) is 0 Å². The summed E-state index contributed by atoms with van der Waals surface area (Å²) in [5.74, 6) is -6.03. The fraction of sp³-hybridized carbons (Fsp3) is 0.227. The number of hydrogen-bond donors (Lipinski definition) is 0. The lowest BCUT2D eigenvalue weighted by molar-refractivity contribution is -0.339. The van der Waals surface area contributed by atoms with Crippen LogP contribution in [0.1, 0.15) is 22.3 Å². The minimum Gasteiger partial charge on any atom is -0.466 e. The Morgan fingerprint density at radius 1 is 0.900 bits per heavy atom. The van der Waals surface area contributed by atoms with Gasteiger partial charge in [0.25, 0.3) is 5.79 Å². The average Bonchev–Trinajstić information content (AvgIpc) is 3.19. The third kappa shape index (κ3) is 4.30. The molecule has 0 spiro atoms. The van der Waals surface area contributed by atoms with Gasteiger partial charge >= 0.3 is 17.7 Å². The highest BCUT2D eigenvalue weighted by molar-refractivity contribution is 5.99. The molecular weight excluding hydrogens is 392 g/mol. The minimum absolute atomic E-state index is 0.357. The summed E-state index contributed by atoms with van der Waals surface area (Å²) in [6.45, 7) is 0. The molecule has 8 heteroatoms. The van der Waals surface area contributed by atoms with Crippen molar-refractivity contribution < 1.29 is 38.4 Å². The highest BCUT2D eigenvalue weighted by atomic mass is 17.3. The Morgan fingerprint density at radius 3 is 2.13 bits per heavy atom. The highest BCUT2D eigenvalue weighted by Crippen LogP contribution is 2.44. The summed E-state index contributed by atoms with van der Waals surface area (Å²) in [5, 5.41) is 0. The molecule has 0 radical (unpaired) electrons. The number of carbonyl (C=O) groups excluding carboxylic acids is 3. The van der Waals surface area contributed by atoms with E-state index in [0.717, 1.165) is 13.2 Å². The predicted octanol–water partition coefficient (Wildman–Crippen LogP) is 2.69. The van der Waals surface area contributed by atoms with E-state index >= 15 is 0 Å². The maximum Gasteiger partial charge on any atom is 0.370 e. The summed E-state index contributed by atoms with van der Waals surface area (Å²) < 4.78 is 15.4. The average molecular weight is 412 g/mol. The van der Waals surface area contributed by atoms with E-state index in [1.807, 2.05) is 0 Å². The number of hydrogen-bond acceptors (Lipinski definition) is 8. The molecule has 0 bridgehead atoms. The van der Waals surface area contributed by atoms with Crippen molar-refractivity contribution >= 4 is 17.7 Å². The number of carbonyl (C=O) groups is 3. The van der Waals surface area contributed by atoms with E-state index in [2.05, 4.69) is 4.74 Å². The molecule has 3 rings (SSSR count). The zero-order chi connectivity index (χ0) is 21.6. The summed E-state index contributed by atoms with van der Waals surface area (Å²) in [6.07, 6.45) is 1.80. The van der Waals surface area contributed by atoms with Crippen LogP contribution in [0.4, 0.5) is 0 Å². The maximum atomic E-state index is 12.8. The Hall–Kier alpha value is -3.33. The van der Waals surface area contributed by atoms with Gasteiger partial charge in [-0.05, 0) is 6.08 Å². The van der Waals surface area contributed by atoms with Gasteiger partial charge in [-0.1, -0.05) is 60.7 Å². The SMILES string of the molecule is COC(=O)/C=C\[C@]1(c2ccccc2)OO[C@@](CC(=O)c2ccccc2)(C(=O)OC)O1. The Balaban J connectivity index is 1.99. The molecule has 0 unspecified atom stereocenters. The number of ketones is 1. The third-order valence-corrected chi connectivity index (χ3v) is 4.42. The summed E-state index contributed by atoms with van der Waals surface area (Å²) in [6, 6.07) is 16.8. The molecule has 1 aliphatic heterocycles. The molecule has 0 aromatic heterocycles. The first kappa shape index (κ1) is 21.4. The Morgan fingerprint density at radius 2 is 1.53 bits per heavy atom. The van der Waals surface area contributed by atoms with E-state index < -0.39 is 35.7 Å². The van der Waals surface area contributed by atoms with Crippen molar-refractivity contribution in [3.05, 3.63) is 83.9 Å². The lowest BCUT2D eigenvalue weighted by atomic mass is 10.0. The fourth-order valence-electron chi connectivity index (χ4n) is 2.90. The van der Waals surface area contributed by atoms with Gasteiger partial charge in [0.1, 0.15) is 0 Å². The first-order valence-electron chi connectivity index (χ1n) is 9.01. The largest absolute Gasteiger partial charge is 0.466 e. The van der Waals surface area contributed by atoms with Crippen LogP contribution < -0.4 is 0 Å². The summed E-state index contributed by atoms with van der Waals surface area (Å²) in [4.78, 5) is 47.7. The fourth-order valence-corrected chi connectivity index (χ4v) is 2.90.